The third kappa shape index (κ3) is 3.43. The molecule has 0 aromatic heterocycles. The molecule has 0 fully saturated rings. The summed E-state index contributed by atoms with van der Waals surface area (Å²) in [5.41, 5.74) is 0. The predicted molar refractivity (Wildman–Crippen MR) is 42.5 cm³/mol. The number of halogens is 2. The second-order valence-electron chi connectivity index (χ2n) is 2.24. The second kappa shape index (κ2) is 5.42. The number of hydrogen-bond acceptors (Lipinski definition) is 3. The van der Waals surface area contributed by atoms with Gasteiger partial charge in [0.25, 0.3) is 0 Å². The molecule has 0 N–H and O–H groups in total. The van der Waals surface area contributed by atoms with Crippen molar-refractivity contribution in [2.75, 3.05) is 0 Å². The van der Waals surface area contributed by atoms with Gasteiger partial charge in [-0.15, -0.1) is 0 Å². The van der Waals surface area contributed by atoms with Crippen LogP contribution in [0.15, 0.2) is 23.1 Å². The van der Waals surface area contributed by atoms with Crippen LogP contribution in [0.3, 0.4) is 0 Å². The number of sulfonamides is 1. The van der Waals surface area contributed by atoms with E-state index in [0.29, 0.717) is 12.1 Å². The van der Waals surface area contributed by atoms with Crippen LogP contribution in [0, 0.1) is 23.1 Å². The van der Waals surface area contributed by atoms with Crippen molar-refractivity contribution in [1.82, 2.24) is 0 Å². The van der Waals surface area contributed by atoms with Gasteiger partial charge < -0.3 is 9.98 Å². The normalized spacial score (nSPS) is 9.93. The van der Waals surface area contributed by atoms with E-state index in [1.807, 2.05) is 0 Å². The third-order valence-electron chi connectivity index (χ3n) is 1.33. The number of nitrogens with zero attached hydrogens (tertiary/aromatic N) is 2. The Balaban J connectivity index is 0.00000196. The molecule has 15 heavy (non-hydrogen) atoms. The first-order valence-corrected chi connectivity index (χ1v) is 4.72. The molecule has 0 unspecified atom stereocenters. The van der Waals surface area contributed by atoms with Crippen LogP contribution < -0.4 is 29.6 Å². The van der Waals surface area contributed by atoms with Gasteiger partial charge in [-0.05, 0) is 12.1 Å². The Bertz CT molecular complexity index is 498. The van der Waals surface area contributed by atoms with E-state index in [0.717, 1.165) is 12.3 Å². The summed E-state index contributed by atoms with van der Waals surface area (Å²) < 4.78 is 49.8. The molecule has 0 aliphatic carbocycles. The van der Waals surface area contributed by atoms with Crippen molar-refractivity contribution in [3.05, 3.63) is 34.6 Å². The van der Waals surface area contributed by atoms with Gasteiger partial charge in [-0.3, -0.25) is 0 Å². The first-order valence-electron chi connectivity index (χ1n) is 3.28. The first kappa shape index (κ1) is 14.3. The number of benzene rings is 1. The van der Waals surface area contributed by atoms with Crippen molar-refractivity contribution in [2.24, 2.45) is 0 Å². The van der Waals surface area contributed by atoms with E-state index in [2.05, 4.69) is 4.72 Å². The smallest absolute Gasteiger partial charge is 0.493 e. The zero-order valence-electron chi connectivity index (χ0n) is 7.61. The summed E-state index contributed by atoms with van der Waals surface area (Å²) in [4.78, 5) is -0.819. The van der Waals surface area contributed by atoms with Crippen LogP contribution in [0.4, 0.5) is 8.78 Å². The molecule has 4 nitrogen and oxygen atoms in total. The summed E-state index contributed by atoms with van der Waals surface area (Å²) in [6.07, 6.45) is 1.02. The first-order chi connectivity index (χ1) is 6.47. The fourth-order valence-electron chi connectivity index (χ4n) is 0.787. The molecular weight excluding hydrogens is 237 g/mol. The average Bonchev–Trinajstić information content (AvgIpc) is 2.02. The summed E-state index contributed by atoms with van der Waals surface area (Å²) >= 11 is 0. The van der Waals surface area contributed by atoms with Gasteiger partial charge in [-0.2, -0.15) is 0 Å². The average molecular weight is 240 g/mol. The largest absolute Gasteiger partial charge is 1.00 e. The van der Waals surface area contributed by atoms with E-state index in [1.54, 1.807) is 0 Å². The molecular formula is C7H3F2N2NaO2S. The Morgan fingerprint density at radius 3 is 2.40 bits per heavy atom. The molecule has 0 heterocycles. The number of hydrogen-bond donors (Lipinski definition) is 0. The maximum atomic E-state index is 12.9. The zero-order valence-corrected chi connectivity index (χ0v) is 10.4. The molecule has 1 aromatic rings. The third-order valence-corrected chi connectivity index (χ3v) is 2.54. The summed E-state index contributed by atoms with van der Waals surface area (Å²) in [5, 5.41) is 8.02. The summed E-state index contributed by atoms with van der Waals surface area (Å²) in [6, 6.07) is 1.88. The maximum absolute atomic E-state index is 12.9. The van der Waals surface area contributed by atoms with E-state index in [1.165, 1.54) is 0 Å². The number of rotatable bonds is 2. The Labute approximate surface area is 107 Å². The quantitative estimate of drug-likeness (QED) is 0.467. The molecule has 74 valence electrons. The van der Waals surface area contributed by atoms with Crippen LogP contribution >= 0.6 is 0 Å². The van der Waals surface area contributed by atoms with E-state index < -0.39 is 26.6 Å². The molecule has 0 amide bonds. The molecule has 0 saturated heterocycles. The van der Waals surface area contributed by atoms with Crippen LogP contribution in [0.1, 0.15) is 0 Å². The molecule has 1 rings (SSSR count). The molecule has 1 aromatic carbocycles. The van der Waals surface area contributed by atoms with E-state index in [9.17, 15) is 17.2 Å². The van der Waals surface area contributed by atoms with Crippen molar-refractivity contribution < 1.29 is 46.8 Å². The van der Waals surface area contributed by atoms with E-state index in [-0.39, 0.29) is 29.6 Å². The Kier molecular flexibility index (Phi) is 5.17. The minimum absolute atomic E-state index is 0. The maximum Gasteiger partial charge on any atom is 1.00 e. The Morgan fingerprint density at radius 2 is 1.93 bits per heavy atom. The van der Waals surface area contributed by atoms with Crippen LogP contribution in [0.25, 0.3) is 4.72 Å². The van der Waals surface area contributed by atoms with Gasteiger partial charge in [-0.25, -0.2) is 17.2 Å². The monoisotopic (exact) mass is 240 g/mol. The van der Waals surface area contributed by atoms with Crippen molar-refractivity contribution in [1.29, 1.82) is 5.26 Å². The fraction of sp³-hybridized carbons (Fsp3) is 0. The standard InChI is InChI=1S/C7H3F2N2O2S.Na/c8-5-1-2-7(6(9)3-5)14(12,13)11-4-10;/h1-3H;/q-1;+1. The van der Waals surface area contributed by atoms with Gasteiger partial charge in [0.1, 0.15) is 16.5 Å². The van der Waals surface area contributed by atoms with Crippen molar-refractivity contribution in [2.45, 2.75) is 4.90 Å². The summed E-state index contributed by atoms with van der Waals surface area (Å²) in [7, 11) is -4.34. The summed E-state index contributed by atoms with van der Waals surface area (Å²) in [6.45, 7) is 0. The van der Waals surface area contributed by atoms with Crippen molar-refractivity contribution in [3.63, 3.8) is 0 Å². The van der Waals surface area contributed by atoms with Crippen molar-refractivity contribution in [3.8, 4) is 6.19 Å². The van der Waals surface area contributed by atoms with Gasteiger partial charge in [0.2, 0.25) is 10.0 Å². The van der Waals surface area contributed by atoms with Gasteiger partial charge in [0.05, 0.1) is 0 Å². The fourth-order valence-corrected chi connectivity index (χ4v) is 1.54. The molecule has 0 atom stereocenters. The van der Waals surface area contributed by atoms with Crippen LogP contribution in [0.5, 0.6) is 0 Å². The molecule has 0 aliphatic heterocycles. The molecule has 0 bridgehead atoms. The van der Waals surface area contributed by atoms with E-state index in [4.69, 9.17) is 5.26 Å². The predicted octanol–water partition coefficient (Wildman–Crippen LogP) is -1.49. The van der Waals surface area contributed by atoms with Gasteiger partial charge in [-0.1, -0.05) is 6.19 Å². The van der Waals surface area contributed by atoms with Crippen LogP contribution in [0.2, 0.25) is 0 Å². The Hall–Kier alpha value is -0.680. The summed E-state index contributed by atoms with van der Waals surface area (Å²) in [5.74, 6) is -2.18. The topological polar surface area (TPSA) is 72.0 Å². The molecule has 8 heteroatoms. The van der Waals surface area contributed by atoms with Crippen LogP contribution in [-0.2, 0) is 10.0 Å². The minimum atomic E-state index is -4.34. The van der Waals surface area contributed by atoms with E-state index >= 15 is 0 Å². The van der Waals surface area contributed by atoms with Gasteiger partial charge in [0, 0.05) is 6.07 Å². The second-order valence-corrected chi connectivity index (χ2v) is 3.81. The Morgan fingerprint density at radius 1 is 1.33 bits per heavy atom. The van der Waals surface area contributed by atoms with Gasteiger partial charge in [0.15, 0.2) is 0 Å². The molecule has 0 saturated carbocycles. The zero-order chi connectivity index (χ0) is 10.8. The minimum Gasteiger partial charge on any atom is -0.493 e. The van der Waals surface area contributed by atoms with Crippen molar-refractivity contribution >= 4 is 10.0 Å². The molecule has 0 aliphatic rings. The van der Waals surface area contributed by atoms with Gasteiger partial charge >= 0.3 is 29.6 Å². The van der Waals surface area contributed by atoms with Crippen LogP contribution in [-0.4, -0.2) is 8.42 Å². The number of nitriles is 1. The molecule has 0 spiro atoms. The SMILES string of the molecule is N#C[N-]S(=O)(=O)c1ccc(F)cc1F.[Na+]. The molecule has 0 radical (unpaired) electrons.